The van der Waals surface area contributed by atoms with Gasteiger partial charge in [-0.2, -0.15) is 4.31 Å². The molecule has 2 aliphatic rings. The van der Waals surface area contributed by atoms with E-state index in [1.54, 1.807) is 53.9 Å². The third-order valence-electron chi connectivity index (χ3n) is 7.53. The number of carbonyl (C=O) groups excluding carboxylic acids is 1. The Kier molecular flexibility index (Phi) is 8.68. The average molecular weight is 566 g/mol. The van der Waals surface area contributed by atoms with E-state index < -0.39 is 10.0 Å². The molecule has 1 unspecified atom stereocenters. The number of rotatable bonds is 10. The van der Waals surface area contributed by atoms with E-state index in [4.69, 9.17) is 14.2 Å². The SMILES string of the molecule is COc1ccccc1CC(=O)N1C[C@@H](OC)[C@H](Oc2cccc(CS(=O)(=O)N3CCCC3c3ccccn3)c2)C1. The van der Waals surface area contributed by atoms with Crippen LogP contribution < -0.4 is 9.47 Å². The second kappa shape index (κ2) is 12.4. The zero-order valence-corrected chi connectivity index (χ0v) is 23.6. The van der Waals surface area contributed by atoms with Gasteiger partial charge in [-0.05, 0) is 48.7 Å². The van der Waals surface area contributed by atoms with Gasteiger partial charge in [-0.1, -0.05) is 36.4 Å². The van der Waals surface area contributed by atoms with E-state index in [9.17, 15) is 13.2 Å². The topological polar surface area (TPSA) is 98.3 Å². The number of sulfonamides is 1. The van der Waals surface area contributed by atoms with Gasteiger partial charge < -0.3 is 19.1 Å². The number of aromatic nitrogens is 1. The molecular weight excluding hydrogens is 530 g/mol. The first-order valence-electron chi connectivity index (χ1n) is 13.5. The van der Waals surface area contributed by atoms with Gasteiger partial charge in [0.1, 0.15) is 23.7 Å². The van der Waals surface area contributed by atoms with Gasteiger partial charge in [-0.3, -0.25) is 9.78 Å². The average Bonchev–Trinajstić information content (AvgIpc) is 3.62. The second-order valence-corrected chi connectivity index (χ2v) is 12.1. The van der Waals surface area contributed by atoms with Crippen molar-refractivity contribution in [3.63, 3.8) is 0 Å². The van der Waals surface area contributed by atoms with Crippen LogP contribution in [0.3, 0.4) is 0 Å². The van der Waals surface area contributed by atoms with E-state index >= 15 is 0 Å². The van der Waals surface area contributed by atoms with Crippen molar-refractivity contribution in [3.05, 3.63) is 89.7 Å². The van der Waals surface area contributed by atoms with Gasteiger partial charge in [0.2, 0.25) is 15.9 Å². The molecule has 0 aliphatic carbocycles. The highest BCUT2D eigenvalue weighted by Gasteiger charge is 2.38. The number of benzene rings is 2. The molecule has 10 heteroatoms. The van der Waals surface area contributed by atoms with E-state index in [2.05, 4.69) is 4.98 Å². The summed E-state index contributed by atoms with van der Waals surface area (Å²) in [5.74, 6) is 1.06. The summed E-state index contributed by atoms with van der Waals surface area (Å²) in [5, 5.41) is 0. The van der Waals surface area contributed by atoms with Crippen molar-refractivity contribution in [1.82, 2.24) is 14.2 Å². The van der Waals surface area contributed by atoms with Gasteiger partial charge in [-0.15, -0.1) is 0 Å². The molecule has 0 spiro atoms. The first-order valence-corrected chi connectivity index (χ1v) is 15.1. The summed E-state index contributed by atoms with van der Waals surface area (Å²) >= 11 is 0. The summed E-state index contributed by atoms with van der Waals surface area (Å²) in [5.41, 5.74) is 2.24. The molecule has 0 saturated carbocycles. The zero-order valence-electron chi connectivity index (χ0n) is 22.8. The van der Waals surface area contributed by atoms with Crippen molar-refractivity contribution in [2.45, 2.75) is 43.3 Å². The maximum atomic E-state index is 13.4. The van der Waals surface area contributed by atoms with Gasteiger partial charge in [-0.25, -0.2) is 8.42 Å². The standard InChI is InChI=1S/C30H35N3O6S/c1-37-27-14-4-3-10-23(27)18-30(34)32-19-28(38-2)29(20-32)39-24-11-7-9-22(17-24)21-40(35,36)33-16-8-13-26(33)25-12-5-6-15-31-25/h3-7,9-12,14-15,17,26,28-29H,8,13,16,18-21H2,1-2H3/t26?,28-,29-/m1/s1. The lowest BCUT2D eigenvalue weighted by atomic mass is 10.1. The highest BCUT2D eigenvalue weighted by molar-refractivity contribution is 7.88. The number of likely N-dealkylation sites (tertiary alicyclic amines) is 1. The van der Waals surface area contributed by atoms with Crippen LogP contribution in [0.15, 0.2) is 72.9 Å². The molecular formula is C30H35N3O6S. The molecule has 2 fully saturated rings. The number of carbonyl (C=O) groups is 1. The normalized spacial score (nSPS) is 21.4. The number of hydrogen-bond acceptors (Lipinski definition) is 7. The Morgan fingerprint density at radius 2 is 1.80 bits per heavy atom. The van der Waals surface area contributed by atoms with Crippen molar-refractivity contribution in [2.24, 2.45) is 0 Å². The quantitative estimate of drug-likeness (QED) is 0.371. The number of para-hydroxylation sites is 1. The lowest BCUT2D eigenvalue weighted by Gasteiger charge is -2.24. The zero-order chi connectivity index (χ0) is 28.1. The molecule has 3 aromatic rings. The molecule has 9 nitrogen and oxygen atoms in total. The van der Waals surface area contributed by atoms with Crippen LogP contribution in [0.2, 0.25) is 0 Å². The summed E-state index contributed by atoms with van der Waals surface area (Å²) in [7, 11) is -0.381. The predicted molar refractivity (Wildman–Crippen MR) is 150 cm³/mol. The van der Waals surface area contributed by atoms with E-state index in [-0.39, 0.29) is 36.3 Å². The van der Waals surface area contributed by atoms with E-state index in [0.29, 0.717) is 36.7 Å². The molecule has 2 aromatic carbocycles. The largest absolute Gasteiger partial charge is 0.496 e. The summed E-state index contributed by atoms with van der Waals surface area (Å²) < 4.78 is 45.8. The fraction of sp³-hybridized carbons (Fsp3) is 0.400. The first kappa shape index (κ1) is 28.1. The first-order chi connectivity index (χ1) is 19.4. The summed E-state index contributed by atoms with van der Waals surface area (Å²) in [6, 6.07) is 20.0. The summed E-state index contributed by atoms with van der Waals surface area (Å²) in [6.07, 6.45) is 2.78. The van der Waals surface area contributed by atoms with Crippen LogP contribution in [0.25, 0.3) is 0 Å². The fourth-order valence-corrected chi connectivity index (χ4v) is 7.30. The van der Waals surface area contributed by atoms with Crippen molar-refractivity contribution in [3.8, 4) is 11.5 Å². The highest BCUT2D eigenvalue weighted by Crippen LogP contribution is 2.34. The van der Waals surface area contributed by atoms with Gasteiger partial charge in [0.25, 0.3) is 0 Å². The monoisotopic (exact) mass is 565 g/mol. The Morgan fingerprint density at radius 3 is 2.58 bits per heavy atom. The number of methoxy groups -OCH3 is 2. The number of amides is 1. The van der Waals surface area contributed by atoms with E-state index in [0.717, 1.165) is 24.1 Å². The van der Waals surface area contributed by atoms with Gasteiger partial charge in [0, 0.05) is 25.4 Å². The molecule has 1 aromatic heterocycles. The van der Waals surface area contributed by atoms with Gasteiger partial charge in [0.15, 0.2) is 0 Å². The Hall–Kier alpha value is -3.47. The lowest BCUT2D eigenvalue weighted by molar-refractivity contribution is -0.130. The number of pyridine rings is 1. The van der Waals surface area contributed by atoms with Crippen LogP contribution in [-0.4, -0.2) is 74.6 Å². The van der Waals surface area contributed by atoms with Crippen LogP contribution in [0.5, 0.6) is 11.5 Å². The second-order valence-electron chi connectivity index (χ2n) is 10.1. The van der Waals surface area contributed by atoms with Crippen molar-refractivity contribution in [2.75, 3.05) is 33.9 Å². The molecule has 1 amide bonds. The van der Waals surface area contributed by atoms with Crippen LogP contribution in [0, 0.1) is 0 Å². The maximum Gasteiger partial charge on any atom is 0.227 e. The van der Waals surface area contributed by atoms with Crippen LogP contribution >= 0.6 is 0 Å². The Balaban J connectivity index is 1.24. The van der Waals surface area contributed by atoms with E-state index in [1.807, 2.05) is 42.5 Å². The minimum atomic E-state index is -3.58. The van der Waals surface area contributed by atoms with Crippen LogP contribution in [0.1, 0.15) is 35.7 Å². The molecule has 3 atom stereocenters. The fourth-order valence-electron chi connectivity index (χ4n) is 5.53. The molecule has 3 heterocycles. The van der Waals surface area contributed by atoms with Crippen molar-refractivity contribution >= 4 is 15.9 Å². The van der Waals surface area contributed by atoms with Gasteiger partial charge in [0.05, 0.1) is 44.1 Å². The molecule has 0 N–H and O–H groups in total. The minimum Gasteiger partial charge on any atom is -0.496 e. The van der Waals surface area contributed by atoms with Gasteiger partial charge >= 0.3 is 0 Å². The summed E-state index contributed by atoms with van der Waals surface area (Å²) in [4.78, 5) is 19.2. The van der Waals surface area contributed by atoms with Crippen LogP contribution in [-0.2, 0) is 31.7 Å². The Bertz CT molecular complexity index is 1420. The highest BCUT2D eigenvalue weighted by atomic mass is 32.2. The predicted octanol–water partition coefficient (Wildman–Crippen LogP) is 3.60. The Labute approximate surface area is 235 Å². The molecule has 5 rings (SSSR count). The molecule has 2 aliphatic heterocycles. The van der Waals surface area contributed by atoms with E-state index in [1.165, 1.54) is 0 Å². The van der Waals surface area contributed by atoms with Crippen molar-refractivity contribution < 1.29 is 27.4 Å². The summed E-state index contributed by atoms with van der Waals surface area (Å²) in [6.45, 7) is 1.26. The molecule has 212 valence electrons. The third kappa shape index (κ3) is 6.29. The molecule has 0 radical (unpaired) electrons. The number of nitrogens with zero attached hydrogens (tertiary/aromatic N) is 3. The Morgan fingerprint density at radius 1 is 1.00 bits per heavy atom. The van der Waals surface area contributed by atoms with Crippen molar-refractivity contribution in [1.29, 1.82) is 0 Å². The molecule has 2 saturated heterocycles. The minimum absolute atomic E-state index is 0.0365. The van der Waals surface area contributed by atoms with Crippen LogP contribution in [0.4, 0.5) is 0 Å². The molecule has 0 bridgehead atoms. The number of hydrogen-bond donors (Lipinski definition) is 0. The maximum absolute atomic E-state index is 13.4. The smallest absolute Gasteiger partial charge is 0.227 e. The number of ether oxygens (including phenoxy) is 3. The molecule has 40 heavy (non-hydrogen) atoms. The lowest BCUT2D eigenvalue weighted by Crippen LogP contribution is -2.33. The third-order valence-corrected chi connectivity index (χ3v) is 9.38.